The molecule has 1 aromatic carbocycles. The normalized spacial score (nSPS) is 15.3. The maximum absolute atomic E-state index is 10.7. The maximum atomic E-state index is 9.87. The first-order valence-corrected chi connectivity index (χ1v) is 11.9. The van der Waals surface area contributed by atoms with Gasteiger partial charge in [-0.05, 0) is 12.1 Å². The van der Waals surface area contributed by atoms with Crippen LogP contribution in [0.25, 0.3) is 21.8 Å². The fraction of sp³-hybridized carbons (Fsp3) is 0.143. The third kappa shape index (κ3) is 26.8. The summed E-state index contributed by atoms with van der Waals surface area (Å²) in [7, 11) is -21.3. The Morgan fingerprint density at radius 1 is 0.545 bits per heavy atom. The molecule has 3 rings (SSSR count). The van der Waals surface area contributed by atoms with Crippen molar-refractivity contribution in [1.29, 1.82) is 0 Å². The molecule has 0 radical (unpaired) electrons. The van der Waals surface area contributed by atoms with Crippen molar-refractivity contribution in [2.75, 3.05) is 13.1 Å². The second kappa shape index (κ2) is 9.73. The second-order valence-electron chi connectivity index (χ2n) is 5.71. The number of halogens is 12. The Hall–Kier alpha value is -1.33. The van der Waals surface area contributed by atoms with Crippen molar-refractivity contribution in [2.45, 2.75) is 0 Å². The smallest absolute Gasteiger partial charge is 0.329 e. The van der Waals surface area contributed by atoms with E-state index in [0.717, 1.165) is 21.8 Å². The van der Waals surface area contributed by atoms with Gasteiger partial charge in [0.25, 0.3) is 0 Å². The number of benzene rings is 1. The molecule has 33 heavy (non-hydrogen) atoms. The third-order valence-corrected chi connectivity index (χ3v) is 2.51. The van der Waals surface area contributed by atoms with Crippen molar-refractivity contribution in [3.05, 3.63) is 48.8 Å². The van der Waals surface area contributed by atoms with E-state index in [2.05, 4.69) is 34.2 Å². The van der Waals surface area contributed by atoms with Crippen LogP contribution in [0.15, 0.2) is 48.8 Å². The van der Waals surface area contributed by atoms with Gasteiger partial charge < -0.3 is 11.5 Å². The zero-order valence-corrected chi connectivity index (χ0v) is 19.9. The van der Waals surface area contributed by atoms with Gasteiger partial charge in [-0.3, -0.25) is 9.97 Å². The second-order valence-corrected chi connectivity index (χ2v) is 9.54. The SMILES string of the molecule is F[P-](F)(F)(F)(F)F.F[P-](F)(F)(F)(F)F.NCCN.[Pt+4].c1cnc2c(c1)ccc1cccnc12. The van der Waals surface area contributed by atoms with Gasteiger partial charge in [0.05, 0.1) is 11.0 Å². The molecule has 0 amide bonds. The van der Waals surface area contributed by atoms with Gasteiger partial charge in [-0.2, -0.15) is 0 Å². The molecule has 0 fully saturated rings. The first-order valence-electron chi connectivity index (χ1n) is 7.88. The van der Waals surface area contributed by atoms with Crippen LogP contribution in [0.3, 0.4) is 0 Å². The van der Waals surface area contributed by atoms with Crippen LogP contribution in [0.2, 0.25) is 0 Å². The number of nitrogens with two attached hydrogens (primary N) is 2. The van der Waals surface area contributed by atoms with E-state index in [9.17, 15) is 50.4 Å². The first-order chi connectivity index (χ1) is 13.8. The van der Waals surface area contributed by atoms with E-state index in [1.54, 1.807) is 12.4 Å². The molecular weight excluding hydrogens is 709 g/mol. The summed E-state index contributed by atoms with van der Waals surface area (Å²) in [5.74, 6) is 0. The monoisotopic (exact) mass is 725 g/mol. The zero-order valence-electron chi connectivity index (χ0n) is 15.8. The Labute approximate surface area is 192 Å². The maximum Gasteiger partial charge on any atom is 4.00 e. The topological polar surface area (TPSA) is 77.8 Å². The Balaban J connectivity index is 0. The van der Waals surface area contributed by atoms with Crippen molar-refractivity contribution >= 4 is 37.4 Å². The van der Waals surface area contributed by atoms with Crippen molar-refractivity contribution in [1.82, 2.24) is 9.97 Å². The van der Waals surface area contributed by atoms with Gasteiger partial charge in [-0.25, -0.2) is 0 Å². The molecule has 4 nitrogen and oxygen atoms in total. The van der Waals surface area contributed by atoms with Crippen LogP contribution < -0.4 is 11.5 Å². The van der Waals surface area contributed by atoms with E-state index in [4.69, 9.17) is 11.5 Å². The summed E-state index contributed by atoms with van der Waals surface area (Å²) in [4.78, 5) is 8.69. The zero-order chi connectivity index (χ0) is 25.6. The minimum Gasteiger partial charge on any atom is -0.329 e. The molecule has 4 N–H and O–H groups in total. The number of nitrogens with zero attached hydrogens (tertiary/aromatic N) is 2. The predicted molar refractivity (Wildman–Crippen MR) is 102 cm³/mol. The minimum atomic E-state index is -10.7. The number of hydrogen-bond donors (Lipinski definition) is 2. The van der Waals surface area contributed by atoms with Gasteiger partial charge in [-0.15, -0.1) is 0 Å². The fourth-order valence-corrected chi connectivity index (χ4v) is 1.68. The first kappa shape index (κ1) is 33.8. The van der Waals surface area contributed by atoms with Crippen LogP contribution in [-0.2, 0) is 21.1 Å². The Bertz CT molecular complexity index is 936. The molecule has 0 aliphatic carbocycles. The number of aromatic nitrogens is 2. The molecule has 0 aliphatic heterocycles. The standard InChI is InChI=1S/C12H8N2.C2H8N2.2F6P.Pt/c1-3-9-5-6-10-4-2-8-14-12(10)11(9)13-7-1;3-1-2-4;2*1-7(2,3,4,5)6;/h1-8H;1-4H2;;;/q;;2*-1;+4. The van der Waals surface area contributed by atoms with Crippen LogP contribution in [-0.4, -0.2) is 23.1 Å². The van der Waals surface area contributed by atoms with Crippen LogP contribution in [0.4, 0.5) is 50.4 Å². The van der Waals surface area contributed by atoms with Gasteiger partial charge in [0.2, 0.25) is 0 Å². The third-order valence-electron chi connectivity index (χ3n) is 2.51. The van der Waals surface area contributed by atoms with E-state index in [-0.39, 0.29) is 21.1 Å². The quantitative estimate of drug-likeness (QED) is 0.150. The molecular formula is C14H16F12N4P2Pt+2. The summed E-state index contributed by atoms with van der Waals surface area (Å²) >= 11 is 0. The van der Waals surface area contributed by atoms with E-state index in [1.807, 2.05) is 12.1 Å². The van der Waals surface area contributed by atoms with Crippen LogP contribution in [0.1, 0.15) is 0 Å². The summed E-state index contributed by atoms with van der Waals surface area (Å²) in [5, 5.41) is 2.28. The molecule has 0 saturated carbocycles. The van der Waals surface area contributed by atoms with Gasteiger partial charge in [-0.1, -0.05) is 24.3 Å². The van der Waals surface area contributed by atoms with Crippen LogP contribution in [0.5, 0.6) is 0 Å². The average molecular weight is 725 g/mol. The van der Waals surface area contributed by atoms with E-state index in [1.165, 1.54) is 0 Å². The van der Waals surface area contributed by atoms with Crippen molar-refractivity contribution in [2.24, 2.45) is 11.5 Å². The molecule has 2 heterocycles. The van der Waals surface area contributed by atoms with Gasteiger partial charge in [0.15, 0.2) is 0 Å². The van der Waals surface area contributed by atoms with E-state index >= 15 is 0 Å². The Morgan fingerprint density at radius 3 is 1.00 bits per heavy atom. The number of pyridine rings is 2. The predicted octanol–water partition coefficient (Wildman–Crippen LogP) is 8.45. The number of fused-ring (bicyclic) bond motifs is 3. The summed E-state index contributed by atoms with van der Waals surface area (Å²) < 4.78 is 118. The minimum absolute atomic E-state index is 0. The van der Waals surface area contributed by atoms with Crippen LogP contribution >= 0.6 is 15.6 Å². The largest absolute Gasteiger partial charge is 4.00 e. The molecule has 0 bridgehead atoms. The van der Waals surface area contributed by atoms with Gasteiger partial charge in [0.1, 0.15) is 0 Å². The number of hydrogen-bond acceptors (Lipinski definition) is 4. The summed E-state index contributed by atoms with van der Waals surface area (Å²) in [5.41, 5.74) is 11.8. The molecule has 0 aliphatic rings. The van der Waals surface area contributed by atoms with Gasteiger partial charge in [0, 0.05) is 36.3 Å². The Kier molecular flexibility index (Phi) is 9.98. The van der Waals surface area contributed by atoms with Gasteiger partial charge >= 0.3 is 87.0 Å². The van der Waals surface area contributed by atoms with Crippen molar-refractivity contribution < 1.29 is 71.4 Å². The molecule has 19 heteroatoms. The molecule has 194 valence electrons. The molecule has 0 atom stereocenters. The molecule has 0 unspecified atom stereocenters. The molecule has 3 aromatic rings. The molecule has 2 aromatic heterocycles. The average Bonchev–Trinajstić information content (AvgIpc) is 2.56. The van der Waals surface area contributed by atoms with E-state index < -0.39 is 15.6 Å². The van der Waals surface area contributed by atoms with Crippen molar-refractivity contribution in [3.8, 4) is 0 Å². The molecule has 0 saturated heterocycles. The van der Waals surface area contributed by atoms with E-state index in [0.29, 0.717) is 13.1 Å². The summed E-state index contributed by atoms with van der Waals surface area (Å²) in [6, 6.07) is 12.1. The fourth-order valence-electron chi connectivity index (χ4n) is 1.68. The molecule has 0 spiro atoms. The van der Waals surface area contributed by atoms with Crippen LogP contribution in [0, 0.1) is 0 Å². The van der Waals surface area contributed by atoms with Crippen molar-refractivity contribution in [3.63, 3.8) is 0 Å². The summed E-state index contributed by atoms with van der Waals surface area (Å²) in [6.07, 6.45) is 3.60. The summed E-state index contributed by atoms with van der Waals surface area (Å²) in [6.45, 7) is 1.19. The number of rotatable bonds is 1. The Morgan fingerprint density at radius 2 is 0.788 bits per heavy atom.